The number of rotatable bonds is 12. The number of nitrogens with one attached hydrogen (secondary N) is 1. The van der Waals surface area contributed by atoms with Gasteiger partial charge in [0.05, 0.1) is 16.9 Å². The first-order chi connectivity index (χ1) is 19.2. The van der Waals surface area contributed by atoms with E-state index < -0.39 is 21.8 Å². The SMILES string of the molecule is CC(C)=CCC/C(C)=C/CC/C(C)=C/CN1C(=O)c2cccc(O)c2Nc2c(OP(=O)(O)O)cc(C[P+](=O)O)cc21. The maximum absolute atomic E-state index is 13.8. The van der Waals surface area contributed by atoms with E-state index in [0.717, 1.165) is 31.3 Å². The largest absolute Gasteiger partial charge is 0.524 e. The molecule has 220 valence electrons. The Morgan fingerprint density at radius 3 is 2.32 bits per heavy atom. The highest BCUT2D eigenvalue weighted by atomic mass is 31.2. The van der Waals surface area contributed by atoms with Crippen LogP contribution in [0.3, 0.4) is 0 Å². The fourth-order valence-corrected chi connectivity index (χ4v) is 5.33. The van der Waals surface area contributed by atoms with Crippen LogP contribution in [-0.4, -0.2) is 32.2 Å². The maximum Gasteiger partial charge on any atom is 0.524 e. The van der Waals surface area contributed by atoms with Crippen LogP contribution < -0.4 is 14.7 Å². The van der Waals surface area contributed by atoms with Crippen molar-refractivity contribution in [2.75, 3.05) is 16.8 Å². The van der Waals surface area contributed by atoms with Gasteiger partial charge in [0.25, 0.3) is 5.91 Å². The molecule has 0 spiro atoms. The Morgan fingerprint density at radius 2 is 1.68 bits per heavy atom. The molecule has 5 N–H and O–H groups in total. The van der Waals surface area contributed by atoms with Crippen LogP contribution in [0.15, 0.2) is 65.3 Å². The molecule has 1 aliphatic heterocycles. The second-order valence-corrected chi connectivity index (χ2v) is 12.5. The topological polar surface area (TPSA) is 157 Å². The van der Waals surface area contributed by atoms with Crippen molar-refractivity contribution in [1.82, 2.24) is 0 Å². The molecular formula is C29H37N2O8P2+. The summed E-state index contributed by atoms with van der Waals surface area (Å²) in [6, 6.07) is 7.15. The van der Waals surface area contributed by atoms with Gasteiger partial charge < -0.3 is 19.8 Å². The number of phosphoric acid groups is 1. The van der Waals surface area contributed by atoms with Crippen LogP contribution in [0.5, 0.6) is 11.5 Å². The molecule has 0 saturated carbocycles. The van der Waals surface area contributed by atoms with Crippen LogP contribution in [0, 0.1) is 0 Å². The average molecular weight is 604 g/mol. The molecule has 0 aliphatic carbocycles. The molecule has 2 aromatic rings. The Labute approximate surface area is 241 Å². The van der Waals surface area contributed by atoms with Gasteiger partial charge in [-0.1, -0.05) is 41.0 Å². The molecule has 41 heavy (non-hydrogen) atoms. The lowest BCUT2D eigenvalue weighted by molar-refractivity contribution is 0.0990. The second-order valence-electron chi connectivity index (χ2n) is 10.3. The summed E-state index contributed by atoms with van der Waals surface area (Å²) >= 11 is 0. The quantitative estimate of drug-likeness (QED) is 0.0960. The van der Waals surface area contributed by atoms with Crippen molar-refractivity contribution in [2.45, 2.75) is 59.5 Å². The van der Waals surface area contributed by atoms with E-state index in [1.54, 1.807) is 0 Å². The lowest BCUT2D eigenvalue weighted by Crippen LogP contribution is -2.30. The molecular weight excluding hydrogens is 566 g/mol. The number of fused-ring (bicyclic) bond motifs is 2. The van der Waals surface area contributed by atoms with Crippen LogP contribution >= 0.6 is 15.9 Å². The molecule has 0 bridgehead atoms. The fourth-order valence-electron chi connectivity index (χ4n) is 4.44. The fraction of sp³-hybridized carbons (Fsp3) is 0.345. The van der Waals surface area contributed by atoms with Crippen molar-refractivity contribution in [3.05, 3.63) is 76.4 Å². The van der Waals surface area contributed by atoms with Crippen LogP contribution in [0.2, 0.25) is 0 Å². The number of carbonyl (C=O) groups is 1. The Kier molecular flexibility index (Phi) is 11.1. The molecule has 10 nitrogen and oxygen atoms in total. The standard InChI is InChI=1S/C29H36N2O8P2/c1-19(2)8-5-9-20(3)10-6-11-21(4)14-15-31-24-16-22(18-40(34)35)17-26(39-41(36,37)38)28(24)30-27-23(29(31)33)12-7-13-25(27)32/h7-8,10,12-14,16-17H,5-6,9,11,15,18H2,1-4H3,(H4-,30,32,33,34,35,36,37,38)/p+1/b20-10+,21-14+. The number of allylic oxidation sites excluding steroid dienone is 5. The normalized spacial score (nSPS) is 14.1. The average Bonchev–Trinajstić information content (AvgIpc) is 2.96. The third-order valence-corrected chi connectivity index (χ3v) is 7.55. The molecule has 0 radical (unpaired) electrons. The molecule has 3 rings (SSSR count). The number of phenols is 1. The van der Waals surface area contributed by atoms with Gasteiger partial charge in [-0.25, -0.2) is 4.57 Å². The van der Waals surface area contributed by atoms with E-state index in [1.807, 2.05) is 13.0 Å². The molecule has 12 heteroatoms. The van der Waals surface area contributed by atoms with Gasteiger partial charge in [0.2, 0.25) is 6.16 Å². The Balaban J connectivity index is 1.99. The summed E-state index contributed by atoms with van der Waals surface area (Å²) in [6.45, 7) is 8.33. The third-order valence-electron chi connectivity index (χ3n) is 6.48. The summed E-state index contributed by atoms with van der Waals surface area (Å²) in [6.07, 6.45) is 9.58. The molecule has 0 aromatic heterocycles. The summed E-state index contributed by atoms with van der Waals surface area (Å²) in [7, 11) is -7.70. The van der Waals surface area contributed by atoms with E-state index in [1.165, 1.54) is 46.4 Å². The minimum atomic E-state index is -5.06. The van der Waals surface area contributed by atoms with Crippen LogP contribution in [0.4, 0.5) is 17.1 Å². The van der Waals surface area contributed by atoms with Crippen molar-refractivity contribution in [3.63, 3.8) is 0 Å². The van der Waals surface area contributed by atoms with Crippen molar-refractivity contribution in [1.29, 1.82) is 0 Å². The number of hydrogen-bond donors (Lipinski definition) is 5. The monoisotopic (exact) mass is 603 g/mol. The van der Waals surface area contributed by atoms with Crippen molar-refractivity contribution in [3.8, 4) is 11.5 Å². The first-order valence-corrected chi connectivity index (χ1v) is 16.1. The van der Waals surface area contributed by atoms with E-state index in [9.17, 15) is 33.7 Å². The van der Waals surface area contributed by atoms with Gasteiger partial charge in [-0.15, -0.1) is 0 Å². The smallest absolute Gasteiger partial charge is 0.506 e. The molecule has 1 amide bonds. The van der Waals surface area contributed by atoms with Gasteiger partial charge in [-0.3, -0.25) is 14.6 Å². The summed E-state index contributed by atoms with van der Waals surface area (Å²) in [5.41, 5.74) is 4.27. The van der Waals surface area contributed by atoms with Crippen molar-refractivity contribution >= 4 is 38.8 Å². The number of phosphoric ester groups is 1. The Bertz CT molecular complexity index is 1450. The summed E-state index contributed by atoms with van der Waals surface area (Å²) in [5, 5.41) is 13.4. The Morgan fingerprint density at radius 1 is 1.02 bits per heavy atom. The number of aromatic hydroxyl groups is 1. The lowest BCUT2D eigenvalue weighted by Gasteiger charge is -2.24. The molecule has 1 aliphatic rings. The van der Waals surface area contributed by atoms with Gasteiger partial charge in [0.15, 0.2) is 5.75 Å². The number of anilines is 3. The van der Waals surface area contributed by atoms with Gasteiger partial charge in [0.1, 0.15) is 11.4 Å². The highest BCUT2D eigenvalue weighted by Crippen LogP contribution is 2.50. The highest BCUT2D eigenvalue weighted by molar-refractivity contribution is 7.46. The number of carbonyl (C=O) groups excluding carboxylic acids is 1. The van der Waals surface area contributed by atoms with Gasteiger partial charge in [-0.2, -0.15) is 4.89 Å². The zero-order valence-electron chi connectivity index (χ0n) is 23.6. The van der Waals surface area contributed by atoms with E-state index in [2.05, 4.69) is 38.2 Å². The van der Waals surface area contributed by atoms with Gasteiger partial charge in [-0.05, 0) is 82.2 Å². The first-order valence-electron chi connectivity index (χ1n) is 13.2. The first kappa shape index (κ1) is 32.3. The number of phenolic OH excluding ortho intramolecular Hbond substituents is 1. The number of nitrogens with zero attached hydrogens (tertiary/aromatic N) is 1. The van der Waals surface area contributed by atoms with E-state index in [0.29, 0.717) is 0 Å². The predicted molar refractivity (Wildman–Crippen MR) is 161 cm³/mol. The second kappa shape index (κ2) is 14.1. The summed E-state index contributed by atoms with van der Waals surface area (Å²) in [4.78, 5) is 43.8. The van der Waals surface area contributed by atoms with Crippen LogP contribution in [0.25, 0.3) is 0 Å². The molecule has 0 saturated heterocycles. The number of para-hydroxylation sites is 1. The minimum absolute atomic E-state index is 0.0276. The van der Waals surface area contributed by atoms with Crippen molar-refractivity contribution in [2.24, 2.45) is 0 Å². The summed E-state index contributed by atoms with van der Waals surface area (Å²) in [5.74, 6) is -1.05. The summed E-state index contributed by atoms with van der Waals surface area (Å²) < 4.78 is 28.4. The maximum atomic E-state index is 13.8. The highest BCUT2D eigenvalue weighted by Gasteiger charge is 2.32. The third kappa shape index (κ3) is 9.38. The van der Waals surface area contributed by atoms with Gasteiger partial charge >= 0.3 is 15.9 Å². The number of hydrogen-bond acceptors (Lipinski definition) is 6. The van der Waals surface area contributed by atoms with Crippen LogP contribution in [0.1, 0.15) is 69.3 Å². The zero-order valence-corrected chi connectivity index (χ0v) is 25.4. The van der Waals surface area contributed by atoms with Gasteiger partial charge in [0, 0.05) is 12.1 Å². The van der Waals surface area contributed by atoms with Crippen molar-refractivity contribution < 1.29 is 38.2 Å². The molecule has 1 unspecified atom stereocenters. The predicted octanol–water partition coefficient (Wildman–Crippen LogP) is 7.22. The molecule has 1 heterocycles. The zero-order chi connectivity index (χ0) is 30.3. The number of amides is 1. The van der Waals surface area contributed by atoms with E-state index in [-0.39, 0.29) is 52.4 Å². The van der Waals surface area contributed by atoms with E-state index >= 15 is 0 Å². The minimum Gasteiger partial charge on any atom is -0.506 e. The van der Waals surface area contributed by atoms with E-state index in [4.69, 9.17) is 4.52 Å². The molecule has 1 atom stereocenters. The number of benzene rings is 2. The lowest BCUT2D eigenvalue weighted by atomic mass is 10.1. The van der Waals surface area contributed by atoms with Crippen LogP contribution in [-0.2, 0) is 15.3 Å². The molecule has 2 aromatic carbocycles. The molecule has 0 fully saturated rings. The Hall–Kier alpha value is -3.26.